The number of carbonyl (C=O) groups is 2. The van der Waals surface area contributed by atoms with Crippen LogP contribution in [0.1, 0.15) is 6.42 Å². The van der Waals surface area contributed by atoms with Gasteiger partial charge in [-0.3, -0.25) is 4.79 Å². The molecule has 65 valence electrons. The number of hydrogen-bond donors (Lipinski definition) is 3. The fourth-order valence-electron chi connectivity index (χ4n) is 0.253. The zero-order valence-electron chi connectivity index (χ0n) is 4.74. The molecular weight excluding hydrogens is 348 g/mol. The van der Waals surface area contributed by atoms with Gasteiger partial charge in [0.2, 0.25) is 0 Å². The van der Waals surface area contributed by atoms with E-state index in [0.717, 1.165) is 0 Å². The second-order valence-electron chi connectivity index (χ2n) is 1.45. The Kier molecular flexibility index (Phi) is 14.0. The van der Waals surface area contributed by atoms with Crippen molar-refractivity contribution in [1.29, 1.82) is 0 Å². The van der Waals surface area contributed by atoms with Gasteiger partial charge >= 0.3 is 41.5 Å². The molecule has 0 saturated heterocycles. The van der Waals surface area contributed by atoms with E-state index in [9.17, 15) is 9.59 Å². The molecule has 5 nitrogen and oxygen atoms in total. The quantitative estimate of drug-likeness (QED) is 0.523. The summed E-state index contributed by atoms with van der Waals surface area (Å²) in [5.41, 5.74) is 0. The Bertz CT molecular complexity index is 138. The van der Waals surface area contributed by atoms with Crippen LogP contribution in [0.15, 0.2) is 0 Å². The number of aliphatic carboxylic acids is 2. The van der Waals surface area contributed by atoms with Crippen molar-refractivity contribution in [3.8, 4) is 0 Å². The minimum atomic E-state index is -1.79. The summed E-state index contributed by atoms with van der Waals surface area (Å²) in [6.07, 6.45) is -2.54. The molecule has 0 aliphatic rings. The monoisotopic (exact) mass is 355 g/mol. The van der Waals surface area contributed by atoms with E-state index in [1.165, 1.54) is 0 Å². The third-order valence-electron chi connectivity index (χ3n) is 0.653. The molecule has 0 aromatic carbocycles. The van der Waals surface area contributed by atoms with Crippen LogP contribution in [0, 0.1) is 0 Å². The molecule has 0 aromatic heterocycles. The Morgan fingerprint density at radius 3 is 1.73 bits per heavy atom. The van der Waals surface area contributed by atoms with E-state index in [-0.39, 0.29) is 51.9 Å². The van der Waals surface area contributed by atoms with Gasteiger partial charge in [-0.25, -0.2) is 4.79 Å². The van der Waals surface area contributed by atoms with Gasteiger partial charge in [0.05, 0.1) is 6.42 Å². The van der Waals surface area contributed by atoms with Crippen LogP contribution in [0.2, 0.25) is 0 Å². The van der Waals surface area contributed by atoms with E-state index in [1.54, 1.807) is 0 Å². The van der Waals surface area contributed by atoms with Crippen LogP contribution < -0.4 is 0 Å². The third kappa shape index (κ3) is 10.6. The second kappa shape index (κ2) is 8.73. The molecule has 1 unspecified atom stereocenters. The summed E-state index contributed by atoms with van der Waals surface area (Å²) in [5, 5.41) is 24.1. The van der Waals surface area contributed by atoms with Gasteiger partial charge in [-0.05, 0) is 0 Å². The molecule has 0 rings (SSSR count). The first-order valence-electron chi connectivity index (χ1n) is 2.16. The standard InChI is InChI=1S/C4H6O5.Au.Na.H/c5-2(4(8)9)1-3(6)7;;;/h2,5H,1H2,(H,6,7)(H,8,9);;;. The van der Waals surface area contributed by atoms with Crippen molar-refractivity contribution in [1.82, 2.24) is 0 Å². The molecule has 0 fully saturated rings. The summed E-state index contributed by atoms with van der Waals surface area (Å²) in [5.74, 6) is -2.85. The average Bonchev–Trinajstić information content (AvgIpc) is 1.63. The number of carboxylic acids is 2. The van der Waals surface area contributed by atoms with Crippen LogP contribution >= 0.6 is 0 Å². The topological polar surface area (TPSA) is 94.8 Å². The first-order valence-corrected chi connectivity index (χ1v) is 2.16. The molecule has 0 aromatic rings. The molecule has 1 atom stereocenters. The summed E-state index contributed by atoms with van der Waals surface area (Å²) >= 11 is 0. The van der Waals surface area contributed by atoms with Crippen molar-refractivity contribution in [2.75, 3.05) is 0 Å². The summed E-state index contributed by atoms with van der Waals surface area (Å²) < 4.78 is 0. The Balaban J connectivity index is -0.000000320. The van der Waals surface area contributed by atoms with Crippen LogP contribution in [0.3, 0.4) is 0 Å². The minimum absolute atomic E-state index is 0. The van der Waals surface area contributed by atoms with Gasteiger partial charge in [0.25, 0.3) is 0 Å². The van der Waals surface area contributed by atoms with E-state index in [2.05, 4.69) is 0 Å². The predicted molar refractivity (Wildman–Crippen MR) is 33.0 cm³/mol. The number of carboxylic acid groups (broad SMARTS) is 2. The van der Waals surface area contributed by atoms with Crippen molar-refractivity contribution in [2.45, 2.75) is 12.5 Å². The Morgan fingerprint density at radius 1 is 1.27 bits per heavy atom. The molecule has 3 N–H and O–H groups in total. The maximum atomic E-state index is 9.72. The van der Waals surface area contributed by atoms with Gasteiger partial charge in [0, 0.05) is 22.4 Å². The molecular formula is C4H7AuNaO5. The van der Waals surface area contributed by atoms with E-state index < -0.39 is 24.5 Å². The number of rotatable bonds is 3. The van der Waals surface area contributed by atoms with Crippen molar-refractivity contribution in [3.63, 3.8) is 0 Å². The van der Waals surface area contributed by atoms with E-state index in [1.807, 2.05) is 0 Å². The first-order chi connectivity index (χ1) is 4.04. The summed E-state index contributed by atoms with van der Waals surface area (Å²) in [6.45, 7) is 0. The van der Waals surface area contributed by atoms with E-state index in [4.69, 9.17) is 15.3 Å². The van der Waals surface area contributed by atoms with E-state index >= 15 is 0 Å². The van der Waals surface area contributed by atoms with Crippen LogP contribution in [0.5, 0.6) is 0 Å². The van der Waals surface area contributed by atoms with Gasteiger partial charge in [-0.1, -0.05) is 0 Å². The normalized spacial score (nSPS) is 10.3. The van der Waals surface area contributed by atoms with Crippen LogP contribution in [0.4, 0.5) is 0 Å². The fourth-order valence-corrected chi connectivity index (χ4v) is 0.253. The van der Waals surface area contributed by atoms with Gasteiger partial charge in [0.1, 0.15) is 0 Å². The number of hydrogen-bond acceptors (Lipinski definition) is 3. The van der Waals surface area contributed by atoms with Crippen LogP contribution in [-0.4, -0.2) is 62.9 Å². The van der Waals surface area contributed by atoms with Crippen molar-refractivity contribution in [2.24, 2.45) is 0 Å². The van der Waals surface area contributed by atoms with Crippen LogP contribution in [0.25, 0.3) is 0 Å². The summed E-state index contributed by atoms with van der Waals surface area (Å²) in [6, 6.07) is 0. The Hall–Kier alpha value is 0.640. The molecule has 11 heavy (non-hydrogen) atoms. The molecule has 0 spiro atoms. The van der Waals surface area contributed by atoms with Crippen molar-refractivity contribution < 1.29 is 47.3 Å². The molecule has 7 heteroatoms. The average molecular weight is 355 g/mol. The van der Waals surface area contributed by atoms with Gasteiger partial charge in [-0.2, -0.15) is 0 Å². The zero-order valence-corrected chi connectivity index (χ0v) is 6.91. The molecule has 0 bridgehead atoms. The van der Waals surface area contributed by atoms with Crippen LogP contribution in [-0.2, 0) is 32.0 Å². The van der Waals surface area contributed by atoms with E-state index in [0.29, 0.717) is 0 Å². The molecule has 0 heterocycles. The predicted octanol–water partition coefficient (Wildman–Crippen LogP) is -1.74. The van der Waals surface area contributed by atoms with Gasteiger partial charge in [-0.15, -0.1) is 0 Å². The zero-order chi connectivity index (χ0) is 7.44. The summed E-state index contributed by atoms with van der Waals surface area (Å²) in [7, 11) is 0. The maximum absolute atomic E-state index is 9.72. The van der Waals surface area contributed by atoms with Gasteiger partial charge in [0.15, 0.2) is 6.10 Å². The van der Waals surface area contributed by atoms with Crippen molar-refractivity contribution >= 4 is 41.5 Å². The fraction of sp³-hybridized carbons (Fsp3) is 0.500. The van der Waals surface area contributed by atoms with Crippen molar-refractivity contribution in [3.05, 3.63) is 0 Å². The second-order valence-corrected chi connectivity index (χ2v) is 1.45. The van der Waals surface area contributed by atoms with Gasteiger partial charge < -0.3 is 15.3 Å². The Labute approximate surface area is 101 Å². The molecule has 0 aliphatic carbocycles. The molecule has 0 amide bonds. The Morgan fingerprint density at radius 2 is 1.64 bits per heavy atom. The number of aliphatic hydroxyl groups excluding tert-OH is 1. The third-order valence-corrected chi connectivity index (χ3v) is 0.653. The molecule has 1 radical (unpaired) electrons. The SMILES string of the molecule is O=C(O)CC(O)C(=O)O.[Au].[NaH]. The molecule has 0 aliphatic heterocycles. The first kappa shape index (κ1) is 17.7. The molecule has 0 saturated carbocycles. The summed E-state index contributed by atoms with van der Waals surface area (Å²) in [4.78, 5) is 19.4. The number of aliphatic hydroxyl groups is 1.